The minimum atomic E-state index is 0.151. The van der Waals surface area contributed by atoms with Crippen molar-refractivity contribution in [1.29, 1.82) is 0 Å². The van der Waals surface area contributed by atoms with Crippen molar-refractivity contribution < 1.29 is 4.79 Å². The van der Waals surface area contributed by atoms with Crippen LogP contribution in [-0.4, -0.2) is 18.5 Å². The summed E-state index contributed by atoms with van der Waals surface area (Å²) in [6.45, 7) is 1.51. The van der Waals surface area contributed by atoms with Crippen molar-refractivity contribution in [3.63, 3.8) is 0 Å². The second-order valence-electron chi connectivity index (χ2n) is 4.17. The molecule has 92 valence electrons. The molecule has 1 unspecified atom stereocenters. The van der Waals surface area contributed by atoms with E-state index < -0.39 is 0 Å². The van der Waals surface area contributed by atoms with E-state index in [2.05, 4.69) is 26.6 Å². The summed E-state index contributed by atoms with van der Waals surface area (Å²) in [7, 11) is 0. The molecule has 1 heterocycles. The summed E-state index contributed by atoms with van der Waals surface area (Å²) < 4.78 is 0.981. The third kappa shape index (κ3) is 3.69. The Hall–Kier alpha value is -0.580. The molecule has 1 saturated heterocycles. The van der Waals surface area contributed by atoms with E-state index in [0.717, 1.165) is 34.6 Å². The first-order valence-corrected chi connectivity index (χ1v) is 6.76. The standard InChI is InChI=1S/C12H14BrClN2O/c13-9-2-1-8(11(14)5-9)6-15-7-10-3-4-12(17)16-10/h1-2,5,10,15H,3-4,6-7H2,(H,16,17). The molecule has 1 aromatic rings. The first kappa shape index (κ1) is 12.9. The summed E-state index contributed by atoms with van der Waals surface area (Å²) in [6.07, 6.45) is 1.56. The summed E-state index contributed by atoms with van der Waals surface area (Å²) in [4.78, 5) is 11.0. The van der Waals surface area contributed by atoms with Gasteiger partial charge >= 0.3 is 0 Å². The lowest BCUT2D eigenvalue weighted by atomic mass is 10.2. The smallest absolute Gasteiger partial charge is 0.220 e. The van der Waals surface area contributed by atoms with Crippen LogP contribution >= 0.6 is 27.5 Å². The molecule has 0 bridgehead atoms. The van der Waals surface area contributed by atoms with Crippen LogP contribution in [-0.2, 0) is 11.3 Å². The number of hydrogen-bond donors (Lipinski definition) is 2. The Kier molecular flexibility index (Phi) is 4.42. The minimum absolute atomic E-state index is 0.151. The molecule has 0 spiro atoms. The Morgan fingerprint density at radius 3 is 3.00 bits per heavy atom. The number of halogens is 2. The predicted octanol–water partition coefficient (Wildman–Crippen LogP) is 2.47. The maximum atomic E-state index is 11.0. The van der Waals surface area contributed by atoms with E-state index in [9.17, 15) is 4.79 Å². The molecule has 5 heteroatoms. The average molecular weight is 318 g/mol. The molecular formula is C12H14BrClN2O. The lowest BCUT2D eigenvalue weighted by Gasteiger charge is -2.12. The summed E-state index contributed by atoms with van der Waals surface area (Å²) in [5.74, 6) is 0.151. The number of benzene rings is 1. The van der Waals surface area contributed by atoms with E-state index in [-0.39, 0.29) is 11.9 Å². The van der Waals surface area contributed by atoms with Crippen LogP contribution in [0.5, 0.6) is 0 Å². The van der Waals surface area contributed by atoms with Gasteiger partial charge in [0.25, 0.3) is 0 Å². The van der Waals surface area contributed by atoms with E-state index in [1.165, 1.54) is 0 Å². The van der Waals surface area contributed by atoms with Crippen LogP contribution < -0.4 is 10.6 Å². The monoisotopic (exact) mass is 316 g/mol. The Labute approximate surface area is 114 Å². The highest BCUT2D eigenvalue weighted by molar-refractivity contribution is 9.10. The summed E-state index contributed by atoms with van der Waals surface area (Å²) in [6, 6.07) is 6.11. The molecule has 2 N–H and O–H groups in total. The van der Waals surface area contributed by atoms with E-state index >= 15 is 0 Å². The highest BCUT2D eigenvalue weighted by atomic mass is 79.9. The SMILES string of the molecule is O=C1CCC(CNCc2ccc(Br)cc2Cl)N1. The van der Waals surface area contributed by atoms with Crippen molar-refractivity contribution in [3.05, 3.63) is 33.3 Å². The number of hydrogen-bond acceptors (Lipinski definition) is 2. The normalized spacial score (nSPS) is 19.4. The molecule has 1 aliphatic rings. The molecule has 1 atom stereocenters. The van der Waals surface area contributed by atoms with Crippen molar-refractivity contribution in [2.24, 2.45) is 0 Å². The zero-order valence-electron chi connectivity index (χ0n) is 9.30. The highest BCUT2D eigenvalue weighted by Crippen LogP contribution is 2.21. The first-order valence-electron chi connectivity index (χ1n) is 5.59. The number of rotatable bonds is 4. The van der Waals surface area contributed by atoms with Crippen LogP contribution in [0.1, 0.15) is 18.4 Å². The van der Waals surface area contributed by atoms with Crippen LogP contribution in [0.15, 0.2) is 22.7 Å². The van der Waals surface area contributed by atoms with E-state index in [1.54, 1.807) is 0 Å². The number of nitrogens with one attached hydrogen (secondary N) is 2. The van der Waals surface area contributed by atoms with Crippen molar-refractivity contribution in [3.8, 4) is 0 Å². The van der Waals surface area contributed by atoms with E-state index in [0.29, 0.717) is 6.42 Å². The van der Waals surface area contributed by atoms with Gasteiger partial charge in [-0.25, -0.2) is 0 Å². The molecule has 2 rings (SSSR count). The number of carbonyl (C=O) groups is 1. The molecule has 1 aliphatic heterocycles. The minimum Gasteiger partial charge on any atom is -0.352 e. The fourth-order valence-corrected chi connectivity index (χ4v) is 2.62. The molecule has 1 aromatic carbocycles. The van der Waals surface area contributed by atoms with E-state index in [1.807, 2.05) is 18.2 Å². The first-order chi connectivity index (χ1) is 8.15. The van der Waals surface area contributed by atoms with Gasteiger partial charge in [0.05, 0.1) is 0 Å². The maximum Gasteiger partial charge on any atom is 0.220 e. The molecular weight excluding hydrogens is 304 g/mol. The molecule has 0 aromatic heterocycles. The van der Waals surface area contributed by atoms with Gasteiger partial charge in [-0.05, 0) is 24.1 Å². The number of amides is 1. The topological polar surface area (TPSA) is 41.1 Å². The predicted molar refractivity (Wildman–Crippen MR) is 72.0 cm³/mol. The third-order valence-corrected chi connectivity index (χ3v) is 3.65. The molecule has 17 heavy (non-hydrogen) atoms. The second kappa shape index (κ2) is 5.85. The number of carbonyl (C=O) groups excluding carboxylic acids is 1. The van der Waals surface area contributed by atoms with Gasteiger partial charge in [-0.3, -0.25) is 4.79 Å². The summed E-state index contributed by atoms with van der Waals surface area (Å²) >= 11 is 9.48. The summed E-state index contributed by atoms with van der Waals surface area (Å²) in [5, 5.41) is 6.98. The van der Waals surface area contributed by atoms with Crippen LogP contribution in [0, 0.1) is 0 Å². The Morgan fingerprint density at radius 2 is 2.35 bits per heavy atom. The Morgan fingerprint density at radius 1 is 1.53 bits per heavy atom. The fraction of sp³-hybridized carbons (Fsp3) is 0.417. The van der Waals surface area contributed by atoms with Gasteiger partial charge in [-0.15, -0.1) is 0 Å². The van der Waals surface area contributed by atoms with Crippen molar-refractivity contribution in [2.45, 2.75) is 25.4 Å². The maximum absolute atomic E-state index is 11.0. The molecule has 0 radical (unpaired) electrons. The van der Waals surface area contributed by atoms with Gasteiger partial charge in [0.2, 0.25) is 5.91 Å². The van der Waals surface area contributed by atoms with Crippen molar-refractivity contribution >= 4 is 33.4 Å². The van der Waals surface area contributed by atoms with Gasteiger partial charge in [-0.1, -0.05) is 33.6 Å². The van der Waals surface area contributed by atoms with Crippen LogP contribution in [0.3, 0.4) is 0 Å². The second-order valence-corrected chi connectivity index (χ2v) is 5.49. The third-order valence-electron chi connectivity index (χ3n) is 2.81. The van der Waals surface area contributed by atoms with Gasteiger partial charge in [0, 0.05) is 35.0 Å². The van der Waals surface area contributed by atoms with Crippen LogP contribution in [0.25, 0.3) is 0 Å². The van der Waals surface area contributed by atoms with Crippen LogP contribution in [0.4, 0.5) is 0 Å². The Bertz CT molecular complexity index is 425. The van der Waals surface area contributed by atoms with Crippen molar-refractivity contribution in [2.75, 3.05) is 6.54 Å². The van der Waals surface area contributed by atoms with Gasteiger partial charge in [0.15, 0.2) is 0 Å². The molecule has 1 fully saturated rings. The van der Waals surface area contributed by atoms with Gasteiger partial charge in [0.1, 0.15) is 0 Å². The zero-order valence-corrected chi connectivity index (χ0v) is 11.6. The van der Waals surface area contributed by atoms with E-state index in [4.69, 9.17) is 11.6 Å². The molecule has 3 nitrogen and oxygen atoms in total. The lowest BCUT2D eigenvalue weighted by molar-refractivity contribution is -0.119. The molecule has 0 saturated carbocycles. The quantitative estimate of drug-likeness (QED) is 0.896. The Balaban J connectivity index is 1.80. The van der Waals surface area contributed by atoms with Crippen molar-refractivity contribution in [1.82, 2.24) is 10.6 Å². The zero-order chi connectivity index (χ0) is 12.3. The average Bonchev–Trinajstić information content (AvgIpc) is 2.68. The van der Waals surface area contributed by atoms with Gasteiger partial charge < -0.3 is 10.6 Å². The largest absolute Gasteiger partial charge is 0.352 e. The van der Waals surface area contributed by atoms with Gasteiger partial charge in [-0.2, -0.15) is 0 Å². The molecule has 0 aliphatic carbocycles. The van der Waals surface area contributed by atoms with Crippen LogP contribution in [0.2, 0.25) is 5.02 Å². The lowest BCUT2D eigenvalue weighted by Crippen LogP contribution is -2.35. The fourth-order valence-electron chi connectivity index (χ4n) is 1.88. The summed E-state index contributed by atoms with van der Waals surface area (Å²) in [5.41, 5.74) is 1.07. The molecule has 1 amide bonds. The highest BCUT2D eigenvalue weighted by Gasteiger charge is 2.19.